The molecule has 2 aliphatic rings. The average Bonchev–Trinajstić information content (AvgIpc) is 2.29. The first-order valence-corrected chi connectivity index (χ1v) is 5.13. The van der Waals surface area contributed by atoms with Crippen LogP contribution in [0.5, 0.6) is 0 Å². The molecule has 0 aromatic carbocycles. The van der Waals surface area contributed by atoms with Crippen molar-refractivity contribution in [3.05, 3.63) is 34.9 Å². The van der Waals surface area contributed by atoms with E-state index in [4.69, 9.17) is 0 Å². The average molecular weight is 239 g/mol. The number of rotatable bonds is 0. The zero-order chi connectivity index (χ0) is 9.26. The van der Waals surface area contributed by atoms with Crippen LogP contribution in [0.1, 0.15) is 13.3 Å². The molecule has 0 spiro atoms. The van der Waals surface area contributed by atoms with E-state index in [9.17, 15) is 0 Å². The van der Waals surface area contributed by atoms with E-state index < -0.39 is 0 Å². The van der Waals surface area contributed by atoms with Crippen molar-refractivity contribution in [1.29, 1.82) is 0 Å². The summed E-state index contributed by atoms with van der Waals surface area (Å²) in [5, 5.41) is 0. The molecule has 0 aliphatic carbocycles. The van der Waals surface area contributed by atoms with Crippen molar-refractivity contribution in [2.45, 2.75) is 13.3 Å². The Morgan fingerprint density at radius 1 is 1.62 bits per heavy atom. The minimum absolute atomic E-state index is 0.610. The van der Waals surface area contributed by atoms with E-state index in [0.29, 0.717) is 5.92 Å². The highest BCUT2D eigenvalue weighted by Crippen LogP contribution is 2.22. The third kappa shape index (κ3) is 1.91. The Kier molecular flexibility index (Phi) is 2.36. The molecule has 0 radical (unpaired) electrons. The van der Waals surface area contributed by atoms with Gasteiger partial charge in [-0.3, -0.25) is 0 Å². The smallest absolute Gasteiger partial charge is 0.122 e. The van der Waals surface area contributed by atoms with Gasteiger partial charge in [0, 0.05) is 12.4 Å². The van der Waals surface area contributed by atoms with Crippen LogP contribution in [-0.2, 0) is 0 Å². The van der Waals surface area contributed by atoms with Gasteiger partial charge in [-0.25, -0.2) is 4.99 Å². The molecular weight excluding hydrogens is 228 g/mol. The van der Waals surface area contributed by atoms with Crippen molar-refractivity contribution in [1.82, 2.24) is 4.90 Å². The van der Waals surface area contributed by atoms with E-state index in [0.717, 1.165) is 16.7 Å². The SMILES string of the molecule is CC1C=CN2C=C(Br)N=CC2=CC1. The van der Waals surface area contributed by atoms with Crippen LogP contribution in [0.15, 0.2) is 39.8 Å². The van der Waals surface area contributed by atoms with Crippen molar-refractivity contribution in [2.75, 3.05) is 0 Å². The fourth-order valence-electron chi connectivity index (χ4n) is 1.33. The Hall–Kier alpha value is -0.830. The maximum Gasteiger partial charge on any atom is 0.122 e. The molecule has 0 saturated carbocycles. The van der Waals surface area contributed by atoms with Crippen LogP contribution in [-0.4, -0.2) is 11.1 Å². The monoisotopic (exact) mass is 238 g/mol. The van der Waals surface area contributed by atoms with Crippen LogP contribution in [0, 0.1) is 5.92 Å². The summed E-state index contributed by atoms with van der Waals surface area (Å²) < 4.78 is 0.865. The molecule has 2 heterocycles. The third-order valence-corrected chi connectivity index (χ3v) is 2.55. The second kappa shape index (κ2) is 3.50. The molecule has 2 rings (SSSR count). The summed E-state index contributed by atoms with van der Waals surface area (Å²) in [5.41, 5.74) is 1.16. The van der Waals surface area contributed by atoms with Crippen molar-refractivity contribution in [2.24, 2.45) is 10.9 Å². The molecule has 0 aromatic heterocycles. The Morgan fingerprint density at radius 2 is 2.46 bits per heavy atom. The number of aliphatic imine (C=N–C) groups is 1. The lowest BCUT2D eigenvalue weighted by molar-refractivity contribution is 0.655. The van der Waals surface area contributed by atoms with Crippen molar-refractivity contribution in [3.63, 3.8) is 0 Å². The Morgan fingerprint density at radius 3 is 3.31 bits per heavy atom. The van der Waals surface area contributed by atoms with E-state index in [1.54, 1.807) is 0 Å². The lowest BCUT2D eigenvalue weighted by Crippen LogP contribution is -2.12. The zero-order valence-electron chi connectivity index (χ0n) is 7.44. The molecule has 0 N–H and O–H groups in total. The summed E-state index contributed by atoms with van der Waals surface area (Å²) in [6.07, 6.45) is 11.5. The van der Waals surface area contributed by atoms with E-state index >= 15 is 0 Å². The van der Waals surface area contributed by atoms with Gasteiger partial charge in [0.05, 0.1) is 11.9 Å². The van der Waals surface area contributed by atoms with Gasteiger partial charge in [0.25, 0.3) is 0 Å². The minimum Gasteiger partial charge on any atom is -0.320 e. The van der Waals surface area contributed by atoms with Gasteiger partial charge in [-0.05, 0) is 28.3 Å². The summed E-state index contributed by atoms with van der Waals surface area (Å²) in [5.74, 6) is 0.610. The molecule has 2 aliphatic heterocycles. The highest BCUT2D eigenvalue weighted by molar-refractivity contribution is 9.11. The molecule has 0 saturated heterocycles. The third-order valence-electron chi connectivity index (χ3n) is 2.14. The molecular formula is C10H11BrN2. The number of halogens is 1. The van der Waals surface area contributed by atoms with Crippen molar-refractivity contribution < 1.29 is 0 Å². The summed E-state index contributed by atoms with van der Waals surface area (Å²) >= 11 is 3.35. The Balaban J connectivity index is 2.31. The van der Waals surface area contributed by atoms with Gasteiger partial charge < -0.3 is 4.90 Å². The van der Waals surface area contributed by atoms with E-state index in [1.807, 2.05) is 12.4 Å². The van der Waals surface area contributed by atoms with E-state index in [-0.39, 0.29) is 0 Å². The van der Waals surface area contributed by atoms with Crippen molar-refractivity contribution >= 4 is 22.1 Å². The molecule has 1 atom stereocenters. The predicted molar refractivity (Wildman–Crippen MR) is 58.3 cm³/mol. The predicted octanol–water partition coefficient (Wildman–Crippen LogP) is 3.00. The molecule has 68 valence electrons. The quantitative estimate of drug-likeness (QED) is 0.593. The van der Waals surface area contributed by atoms with Gasteiger partial charge in [-0.2, -0.15) is 0 Å². The molecule has 1 unspecified atom stereocenters. The normalized spacial score (nSPS) is 26.3. The Bertz CT molecular complexity index is 326. The van der Waals surface area contributed by atoms with Crippen LogP contribution in [0.25, 0.3) is 0 Å². The highest BCUT2D eigenvalue weighted by Gasteiger charge is 2.11. The van der Waals surface area contributed by atoms with Gasteiger partial charge >= 0.3 is 0 Å². The van der Waals surface area contributed by atoms with Gasteiger partial charge in [-0.1, -0.05) is 19.1 Å². The second-order valence-electron chi connectivity index (χ2n) is 3.30. The molecule has 0 bridgehead atoms. The highest BCUT2D eigenvalue weighted by atomic mass is 79.9. The van der Waals surface area contributed by atoms with Gasteiger partial charge in [0.2, 0.25) is 0 Å². The minimum atomic E-state index is 0.610. The number of nitrogens with zero attached hydrogens (tertiary/aromatic N) is 2. The molecule has 0 fully saturated rings. The van der Waals surface area contributed by atoms with Crippen LogP contribution in [0.2, 0.25) is 0 Å². The number of allylic oxidation sites excluding steroid dienone is 3. The molecule has 13 heavy (non-hydrogen) atoms. The molecule has 3 heteroatoms. The Labute approximate surface area is 86.5 Å². The maximum atomic E-state index is 4.19. The van der Waals surface area contributed by atoms with Crippen LogP contribution >= 0.6 is 15.9 Å². The van der Waals surface area contributed by atoms with E-state index in [1.165, 1.54) is 0 Å². The first kappa shape index (κ1) is 8.75. The number of hydrogen-bond acceptors (Lipinski definition) is 2. The van der Waals surface area contributed by atoms with Gasteiger partial charge in [0.1, 0.15) is 4.61 Å². The van der Waals surface area contributed by atoms with Gasteiger partial charge in [-0.15, -0.1) is 0 Å². The number of hydrogen-bond donors (Lipinski definition) is 0. The summed E-state index contributed by atoms with van der Waals surface area (Å²) in [7, 11) is 0. The number of fused-ring (bicyclic) bond motifs is 1. The maximum absolute atomic E-state index is 4.19. The van der Waals surface area contributed by atoms with Crippen LogP contribution in [0.3, 0.4) is 0 Å². The lowest BCUT2D eigenvalue weighted by atomic mass is 10.1. The molecule has 0 amide bonds. The van der Waals surface area contributed by atoms with Crippen LogP contribution in [0.4, 0.5) is 0 Å². The summed E-state index contributed by atoms with van der Waals surface area (Å²) in [6, 6.07) is 0. The topological polar surface area (TPSA) is 15.6 Å². The fraction of sp³-hybridized carbons (Fsp3) is 0.300. The van der Waals surface area contributed by atoms with Gasteiger partial charge in [0.15, 0.2) is 0 Å². The standard InChI is InChI=1S/C10H11BrN2/c1-8-2-3-9-6-12-10(11)7-13(9)5-4-8/h3-8H,2H2,1H3. The van der Waals surface area contributed by atoms with E-state index in [2.05, 4.69) is 51.1 Å². The first-order chi connectivity index (χ1) is 6.25. The fourth-order valence-corrected chi connectivity index (χ4v) is 1.65. The molecule has 0 aromatic rings. The van der Waals surface area contributed by atoms with Crippen LogP contribution < -0.4 is 0 Å². The van der Waals surface area contributed by atoms with Crippen molar-refractivity contribution in [3.8, 4) is 0 Å². The second-order valence-corrected chi connectivity index (χ2v) is 4.11. The lowest BCUT2D eigenvalue weighted by Gasteiger charge is -2.18. The largest absolute Gasteiger partial charge is 0.320 e. The summed E-state index contributed by atoms with van der Waals surface area (Å²) in [6.45, 7) is 2.21. The zero-order valence-corrected chi connectivity index (χ0v) is 9.03. The molecule has 2 nitrogen and oxygen atoms in total. The summed E-state index contributed by atoms with van der Waals surface area (Å²) in [4.78, 5) is 6.27. The first-order valence-electron chi connectivity index (χ1n) is 4.34.